The van der Waals surface area contributed by atoms with E-state index in [1.165, 1.54) is 6.92 Å². The molecule has 3 aromatic carbocycles. The van der Waals surface area contributed by atoms with E-state index in [9.17, 15) is 13.2 Å². The first-order valence-corrected chi connectivity index (χ1v) is 10.4. The van der Waals surface area contributed by atoms with Crippen LogP contribution >= 0.6 is 0 Å². The van der Waals surface area contributed by atoms with Crippen LogP contribution in [-0.4, -0.2) is 20.9 Å². The molecule has 1 amide bonds. The number of carbonyl (C=O) groups is 1. The summed E-state index contributed by atoms with van der Waals surface area (Å²) in [6.07, 6.45) is 0. The van der Waals surface area contributed by atoms with Crippen LogP contribution in [-0.2, 0) is 21.4 Å². The van der Waals surface area contributed by atoms with Crippen molar-refractivity contribution in [2.45, 2.75) is 25.3 Å². The molecular weight excluding hydrogens is 376 g/mol. The van der Waals surface area contributed by atoms with Crippen LogP contribution in [0.2, 0.25) is 0 Å². The van der Waals surface area contributed by atoms with Gasteiger partial charge in [-0.15, -0.1) is 0 Å². The quantitative estimate of drug-likeness (QED) is 0.636. The van der Waals surface area contributed by atoms with Crippen molar-refractivity contribution in [3.63, 3.8) is 0 Å². The molecule has 3 aromatic rings. The first-order chi connectivity index (χ1) is 13.4. The number of hydrogen-bond donors (Lipinski definition) is 2. The zero-order valence-electron chi connectivity index (χ0n) is 15.7. The molecule has 28 heavy (non-hydrogen) atoms. The van der Waals surface area contributed by atoms with Gasteiger partial charge in [-0.25, -0.2) is 13.1 Å². The van der Waals surface area contributed by atoms with Gasteiger partial charge in [-0.2, -0.15) is 0 Å². The van der Waals surface area contributed by atoms with E-state index in [2.05, 4.69) is 10.0 Å². The maximum Gasteiger partial charge on any atom is 0.241 e. The van der Waals surface area contributed by atoms with Gasteiger partial charge in [0.2, 0.25) is 15.9 Å². The van der Waals surface area contributed by atoms with Gasteiger partial charge in [-0.05, 0) is 25.1 Å². The SMILES string of the molecule is CCOc1ccccc1CNS(=O)(=O)c1cccc2c(NC(C)=O)cccc12. The largest absolute Gasteiger partial charge is 0.494 e. The van der Waals surface area contributed by atoms with E-state index in [0.29, 0.717) is 28.8 Å². The fraction of sp³-hybridized carbons (Fsp3) is 0.190. The molecule has 0 aliphatic rings. The number of nitrogens with one attached hydrogen (secondary N) is 2. The summed E-state index contributed by atoms with van der Waals surface area (Å²) in [5, 5.41) is 3.94. The molecule has 0 atom stereocenters. The summed E-state index contributed by atoms with van der Waals surface area (Å²) in [5.41, 5.74) is 1.33. The van der Waals surface area contributed by atoms with Gasteiger partial charge in [0.1, 0.15) is 5.75 Å². The van der Waals surface area contributed by atoms with Crippen molar-refractivity contribution in [1.29, 1.82) is 0 Å². The molecule has 0 fully saturated rings. The Morgan fingerprint density at radius 2 is 1.68 bits per heavy atom. The van der Waals surface area contributed by atoms with Crippen molar-refractivity contribution < 1.29 is 17.9 Å². The van der Waals surface area contributed by atoms with Gasteiger partial charge in [-0.3, -0.25) is 4.79 Å². The molecule has 0 aliphatic carbocycles. The number of amides is 1. The minimum Gasteiger partial charge on any atom is -0.494 e. The third kappa shape index (κ3) is 4.32. The molecule has 0 spiro atoms. The Labute approximate surface area is 164 Å². The Morgan fingerprint density at radius 3 is 2.43 bits per heavy atom. The lowest BCUT2D eigenvalue weighted by Gasteiger charge is -2.14. The van der Waals surface area contributed by atoms with Gasteiger partial charge in [0, 0.05) is 35.5 Å². The summed E-state index contributed by atoms with van der Waals surface area (Å²) in [6.45, 7) is 3.90. The van der Waals surface area contributed by atoms with Gasteiger partial charge in [-0.1, -0.05) is 42.5 Å². The number of para-hydroxylation sites is 1. The molecule has 6 nitrogen and oxygen atoms in total. The molecule has 7 heteroatoms. The average molecular weight is 398 g/mol. The maximum atomic E-state index is 13.0. The van der Waals surface area contributed by atoms with Crippen molar-refractivity contribution in [2.75, 3.05) is 11.9 Å². The van der Waals surface area contributed by atoms with Crippen LogP contribution in [0.3, 0.4) is 0 Å². The Hall–Kier alpha value is -2.90. The number of hydrogen-bond acceptors (Lipinski definition) is 4. The van der Waals surface area contributed by atoms with Crippen LogP contribution < -0.4 is 14.8 Å². The van der Waals surface area contributed by atoms with Gasteiger partial charge in [0.05, 0.1) is 11.5 Å². The Kier molecular flexibility index (Phi) is 5.96. The predicted molar refractivity (Wildman–Crippen MR) is 110 cm³/mol. The highest BCUT2D eigenvalue weighted by atomic mass is 32.2. The summed E-state index contributed by atoms with van der Waals surface area (Å²) < 4.78 is 34.2. The van der Waals surface area contributed by atoms with E-state index in [4.69, 9.17) is 4.74 Å². The van der Waals surface area contributed by atoms with Crippen LogP contribution in [0, 0.1) is 0 Å². The summed E-state index contributed by atoms with van der Waals surface area (Å²) in [4.78, 5) is 11.6. The number of fused-ring (bicyclic) bond motifs is 1. The van der Waals surface area contributed by atoms with Crippen molar-refractivity contribution >= 4 is 32.4 Å². The molecule has 0 radical (unpaired) electrons. The van der Waals surface area contributed by atoms with E-state index in [0.717, 1.165) is 5.56 Å². The number of anilines is 1. The van der Waals surface area contributed by atoms with E-state index < -0.39 is 10.0 Å². The number of ether oxygens (including phenoxy) is 1. The minimum atomic E-state index is -3.78. The van der Waals surface area contributed by atoms with Crippen molar-refractivity contribution in [3.8, 4) is 5.75 Å². The number of sulfonamides is 1. The third-order valence-corrected chi connectivity index (χ3v) is 5.67. The predicted octanol–water partition coefficient (Wildman–Crippen LogP) is 3.68. The Morgan fingerprint density at radius 1 is 0.964 bits per heavy atom. The van der Waals surface area contributed by atoms with E-state index in [-0.39, 0.29) is 17.3 Å². The third-order valence-electron chi connectivity index (χ3n) is 4.21. The molecule has 0 aliphatic heterocycles. The molecule has 146 valence electrons. The topological polar surface area (TPSA) is 84.5 Å². The number of benzene rings is 3. The molecule has 0 aromatic heterocycles. The second-order valence-corrected chi connectivity index (χ2v) is 7.94. The van der Waals surface area contributed by atoms with Crippen molar-refractivity contribution in [2.24, 2.45) is 0 Å². The highest BCUT2D eigenvalue weighted by molar-refractivity contribution is 7.89. The van der Waals surface area contributed by atoms with Gasteiger partial charge >= 0.3 is 0 Å². The molecule has 2 N–H and O–H groups in total. The molecule has 0 unspecified atom stereocenters. The minimum absolute atomic E-state index is 0.111. The first kappa shape index (κ1) is 19.9. The van der Waals surface area contributed by atoms with E-state index in [1.54, 1.807) is 36.4 Å². The Balaban J connectivity index is 1.94. The first-order valence-electron chi connectivity index (χ1n) is 8.92. The lowest BCUT2D eigenvalue weighted by Crippen LogP contribution is -2.23. The van der Waals surface area contributed by atoms with Gasteiger partial charge in [0.25, 0.3) is 0 Å². The molecule has 3 rings (SSSR count). The molecule has 0 heterocycles. The van der Waals surface area contributed by atoms with E-state index in [1.807, 2.05) is 31.2 Å². The van der Waals surface area contributed by atoms with Crippen LogP contribution in [0.15, 0.2) is 65.6 Å². The molecular formula is C21H22N2O4S. The van der Waals surface area contributed by atoms with Crippen LogP contribution in [0.1, 0.15) is 19.4 Å². The summed E-state index contributed by atoms with van der Waals surface area (Å²) in [6, 6.07) is 17.5. The molecule has 0 saturated heterocycles. The maximum absolute atomic E-state index is 13.0. The van der Waals surface area contributed by atoms with E-state index >= 15 is 0 Å². The normalized spacial score (nSPS) is 11.4. The highest BCUT2D eigenvalue weighted by Crippen LogP contribution is 2.29. The monoisotopic (exact) mass is 398 g/mol. The average Bonchev–Trinajstić information content (AvgIpc) is 2.67. The number of rotatable bonds is 7. The lowest BCUT2D eigenvalue weighted by atomic mass is 10.1. The smallest absolute Gasteiger partial charge is 0.241 e. The second kappa shape index (κ2) is 8.41. The zero-order valence-corrected chi connectivity index (χ0v) is 16.5. The summed E-state index contributed by atoms with van der Waals surface area (Å²) in [5.74, 6) is 0.435. The molecule has 0 bridgehead atoms. The van der Waals surface area contributed by atoms with Crippen LogP contribution in [0.4, 0.5) is 5.69 Å². The van der Waals surface area contributed by atoms with Gasteiger partial charge < -0.3 is 10.1 Å². The van der Waals surface area contributed by atoms with Crippen molar-refractivity contribution in [1.82, 2.24) is 4.72 Å². The lowest BCUT2D eigenvalue weighted by molar-refractivity contribution is -0.114. The fourth-order valence-electron chi connectivity index (χ4n) is 3.01. The Bertz CT molecular complexity index is 1110. The second-order valence-electron chi connectivity index (χ2n) is 6.20. The number of carbonyl (C=O) groups excluding carboxylic acids is 1. The molecule has 0 saturated carbocycles. The van der Waals surface area contributed by atoms with Crippen LogP contribution in [0.5, 0.6) is 5.75 Å². The fourth-order valence-corrected chi connectivity index (χ4v) is 4.24. The van der Waals surface area contributed by atoms with Crippen LogP contribution in [0.25, 0.3) is 10.8 Å². The summed E-state index contributed by atoms with van der Waals surface area (Å²) in [7, 11) is -3.78. The van der Waals surface area contributed by atoms with Gasteiger partial charge in [0.15, 0.2) is 0 Å². The summed E-state index contributed by atoms with van der Waals surface area (Å²) >= 11 is 0. The van der Waals surface area contributed by atoms with Crippen molar-refractivity contribution in [3.05, 3.63) is 66.2 Å². The zero-order chi connectivity index (χ0) is 20.1. The highest BCUT2D eigenvalue weighted by Gasteiger charge is 2.19. The standard InChI is InChI=1S/C21H22N2O4S/c1-3-27-20-12-5-4-8-16(20)14-22-28(25,26)21-13-7-9-17-18(21)10-6-11-19(17)23-15(2)24/h4-13,22H,3,14H2,1-2H3,(H,23,24).